The van der Waals surface area contributed by atoms with Gasteiger partial charge in [-0.25, -0.2) is 0 Å². The van der Waals surface area contributed by atoms with Crippen molar-refractivity contribution in [3.05, 3.63) is 0 Å². The second-order valence-corrected chi connectivity index (χ2v) is 7.34. The van der Waals surface area contributed by atoms with Gasteiger partial charge in [-0.15, -0.1) is 0 Å². The Morgan fingerprint density at radius 2 is 1.39 bits per heavy atom. The van der Waals surface area contributed by atoms with E-state index in [1.807, 2.05) is 0 Å². The number of hydrogen-bond donors (Lipinski definition) is 0. The van der Waals surface area contributed by atoms with E-state index in [9.17, 15) is 0 Å². The standard InChI is InChI=1S/C19H35BrO8/c20-15-19(16-24-9-7-21-5-6-22-8-10-25-17-19)28-14-12-23-11-13-27-18-3-1-2-4-26-18/h18H,1-17H2. The third-order valence-corrected chi connectivity index (χ3v) is 5.42. The summed E-state index contributed by atoms with van der Waals surface area (Å²) in [5, 5.41) is 0.601. The third-order valence-electron chi connectivity index (χ3n) is 4.40. The fourth-order valence-corrected chi connectivity index (χ4v) is 3.30. The number of rotatable bonds is 9. The van der Waals surface area contributed by atoms with Crippen molar-refractivity contribution >= 4 is 15.9 Å². The highest BCUT2D eigenvalue weighted by Gasteiger charge is 2.31. The minimum Gasteiger partial charge on any atom is -0.377 e. The molecule has 2 aliphatic heterocycles. The molecule has 0 saturated carbocycles. The van der Waals surface area contributed by atoms with Crippen molar-refractivity contribution in [2.24, 2.45) is 0 Å². The molecule has 0 radical (unpaired) electrons. The molecule has 1 unspecified atom stereocenters. The lowest BCUT2D eigenvalue weighted by Gasteiger charge is -2.31. The molecule has 0 aromatic rings. The highest BCUT2D eigenvalue weighted by atomic mass is 79.9. The van der Waals surface area contributed by atoms with Gasteiger partial charge in [0.2, 0.25) is 0 Å². The first-order valence-electron chi connectivity index (χ1n) is 10.2. The maximum Gasteiger partial charge on any atom is 0.157 e. The van der Waals surface area contributed by atoms with Gasteiger partial charge in [-0.2, -0.15) is 0 Å². The fourth-order valence-electron chi connectivity index (χ4n) is 2.82. The molecule has 166 valence electrons. The molecule has 1 atom stereocenters. The minimum atomic E-state index is -0.566. The highest BCUT2D eigenvalue weighted by molar-refractivity contribution is 9.09. The normalized spacial score (nSPS) is 25.4. The Bertz CT molecular complexity index is 354. The molecule has 2 rings (SSSR count). The van der Waals surface area contributed by atoms with Crippen molar-refractivity contribution in [2.45, 2.75) is 31.2 Å². The van der Waals surface area contributed by atoms with Crippen LogP contribution in [0.2, 0.25) is 0 Å². The first kappa shape index (κ1) is 24.4. The summed E-state index contributed by atoms with van der Waals surface area (Å²) in [6.07, 6.45) is 3.17. The van der Waals surface area contributed by atoms with Gasteiger partial charge < -0.3 is 37.9 Å². The Morgan fingerprint density at radius 1 is 0.750 bits per heavy atom. The number of alkyl halides is 1. The lowest BCUT2D eigenvalue weighted by atomic mass is 10.1. The molecule has 2 heterocycles. The lowest BCUT2D eigenvalue weighted by molar-refractivity contribution is -0.171. The Hall–Kier alpha value is 0.160. The van der Waals surface area contributed by atoms with Crippen LogP contribution in [0.4, 0.5) is 0 Å². The van der Waals surface area contributed by atoms with Gasteiger partial charge in [-0.05, 0) is 19.3 Å². The molecular formula is C19H35BrO8. The molecule has 0 aliphatic carbocycles. The summed E-state index contributed by atoms with van der Waals surface area (Å²) < 4.78 is 45.2. The highest BCUT2D eigenvalue weighted by Crippen LogP contribution is 2.17. The summed E-state index contributed by atoms with van der Waals surface area (Å²) in [5.74, 6) is 0. The van der Waals surface area contributed by atoms with Crippen molar-refractivity contribution in [3.63, 3.8) is 0 Å². The molecule has 2 aliphatic rings. The van der Waals surface area contributed by atoms with Gasteiger partial charge in [0.15, 0.2) is 6.29 Å². The van der Waals surface area contributed by atoms with Crippen molar-refractivity contribution in [2.75, 3.05) is 91.2 Å². The average Bonchev–Trinajstić information content (AvgIpc) is 2.75. The molecule has 9 heteroatoms. The number of hydrogen-bond acceptors (Lipinski definition) is 8. The second-order valence-electron chi connectivity index (χ2n) is 6.77. The van der Waals surface area contributed by atoms with Crippen LogP contribution in [-0.2, 0) is 37.9 Å². The summed E-state index contributed by atoms with van der Waals surface area (Å²) >= 11 is 3.54. The molecule has 28 heavy (non-hydrogen) atoms. The van der Waals surface area contributed by atoms with Crippen LogP contribution in [0.15, 0.2) is 0 Å². The van der Waals surface area contributed by atoms with Gasteiger partial charge >= 0.3 is 0 Å². The third kappa shape index (κ3) is 10.8. The Kier molecular flexibility index (Phi) is 13.9. The van der Waals surface area contributed by atoms with E-state index in [1.54, 1.807) is 0 Å². The zero-order valence-corrected chi connectivity index (χ0v) is 18.3. The first-order valence-corrected chi connectivity index (χ1v) is 11.3. The van der Waals surface area contributed by atoms with Crippen LogP contribution in [0.3, 0.4) is 0 Å². The van der Waals surface area contributed by atoms with Crippen molar-refractivity contribution in [1.29, 1.82) is 0 Å². The van der Waals surface area contributed by atoms with Crippen LogP contribution in [0.5, 0.6) is 0 Å². The molecular weight excluding hydrogens is 436 g/mol. The van der Waals surface area contributed by atoms with Crippen LogP contribution < -0.4 is 0 Å². The Morgan fingerprint density at radius 3 is 2.00 bits per heavy atom. The molecule has 0 N–H and O–H groups in total. The van der Waals surface area contributed by atoms with E-state index >= 15 is 0 Å². The zero-order chi connectivity index (χ0) is 19.8. The SMILES string of the molecule is BrCC1(OCCOCCOC2CCCCO2)COCCOCCOCCOC1. The van der Waals surface area contributed by atoms with Gasteiger partial charge in [0.1, 0.15) is 5.60 Å². The predicted octanol–water partition coefficient (Wildman–Crippen LogP) is 1.78. The van der Waals surface area contributed by atoms with E-state index in [-0.39, 0.29) is 6.29 Å². The zero-order valence-electron chi connectivity index (χ0n) is 16.7. The number of halogens is 1. The summed E-state index contributed by atoms with van der Waals surface area (Å²) in [6, 6.07) is 0. The largest absolute Gasteiger partial charge is 0.377 e. The Labute approximate surface area is 176 Å². The van der Waals surface area contributed by atoms with Gasteiger partial charge in [-0.1, -0.05) is 15.9 Å². The average molecular weight is 471 g/mol. The van der Waals surface area contributed by atoms with E-state index in [0.717, 1.165) is 25.9 Å². The maximum absolute atomic E-state index is 6.08. The fraction of sp³-hybridized carbons (Fsp3) is 1.00. The molecule has 2 saturated heterocycles. The Balaban J connectivity index is 1.60. The van der Waals surface area contributed by atoms with Crippen LogP contribution >= 0.6 is 15.9 Å². The smallest absolute Gasteiger partial charge is 0.157 e. The molecule has 0 aromatic heterocycles. The minimum absolute atomic E-state index is 0.0760. The van der Waals surface area contributed by atoms with E-state index in [2.05, 4.69) is 15.9 Å². The summed E-state index contributed by atoms with van der Waals surface area (Å²) in [4.78, 5) is 0. The van der Waals surface area contributed by atoms with Crippen molar-refractivity contribution in [3.8, 4) is 0 Å². The molecule has 0 spiro atoms. The lowest BCUT2D eigenvalue weighted by Crippen LogP contribution is -2.46. The monoisotopic (exact) mass is 470 g/mol. The number of ether oxygens (including phenoxy) is 8. The van der Waals surface area contributed by atoms with Crippen molar-refractivity contribution < 1.29 is 37.9 Å². The van der Waals surface area contributed by atoms with Gasteiger partial charge in [0.05, 0.1) is 79.3 Å². The second kappa shape index (κ2) is 15.9. The summed E-state index contributed by atoms with van der Waals surface area (Å²) in [7, 11) is 0. The quantitative estimate of drug-likeness (QED) is 0.372. The van der Waals surface area contributed by atoms with E-state index in [4.69, 9.17) is 37.9 Å². The van der Waals surface area contributed by atoms with Crippen LogP contribution in [0, 0.1) is 0 Å². The molecule has 2 fully saturated rings. The molecule has 8 nitrogen and oxygen atoms in total. The maximum atomic E-state index is 6.08. The summed E-state index contributed by atoms with van der Waals surface area (Å²) in [6.45, 7) is 6.84. The molecule has 0 aromatic carbocycles. The molecule has 0 amide bonds. The van der Waals surface area contributed by atoms with Crippen LogP contribution in [0.1, 0.15) is 19.3 Å². The predicted molar refractivity (Wildman–Crippen MR) is 106 cm³/mol. The summed E-state index contributed by atoms with van der Waals surface area (Å²) in [5.41, 5.74) is -0.566. The van der Waals surface area contributed by atoms with Gasteiger partial charge in [0.25, 0.3) is 0 Å². The molecule has 0 bridgehead atoms. The van der Waals surface area contributed by atoms with Gasteiger partial charge in [0, 0.05) is 11.9 Å². The van der Waals surface area contributed by atoms with Gasteiger partial charge in [-0.3, -0.25) is 0 Å². The van der Waals surface area contributed by atoms with Crippen molar-refractivity contribution in [1.82, 2.24) is 0 Å². The van der Waals surface area contributed by atoms with E-state index in [1.165, 1.54) is 0 Å². The van der Waals surface area contributed by atoms with Crippen LogP contribution in [0.25, 0.3) is 0 Å². The van der Waals surface area contributed by atoms with E-state index < -0.39 is 5.60 Å². The van der Waals surface area contributed by atoms with E-state index in [0.29, 0.717) is 84.6 Å². The van der Waals surface area contributed by atoms with Crippen LogP contribution in [-0.4, -0.2) is 103 Å². The topological polar surface area (TPSA) is 73.8 Å². The first-order chi connectivity index (χ1) is 13.8.